The second-order valence-electron chi connectivity index (χ2n) is 5.70. The quantitative estimate of drug-likeness (QED) is 0.711. The second kappa shape index (κ2) is 7.23. The van der Waals surface area contributed by atoms with Crippen LogP contribution in [0, 0.1) is 11.3 Å². The van der Waals surface area contributed by atoms with E-state index in [0.717, 1.165) is 25.3 Å². The van der Waals surface area contributed by atoms with Gasteiger partial charge in [0.2, 0.25) is 5.43 Å². The lowest BCUT2D eigenvalue weighted by molar-refractivity contribution is 0.0524. The van der Waals surface area contributed by atoms with Gasteiger partial charge in [-0.1, -0.05) is 0 Å². The van der Waals surface area contributed by atoms with Gasteiger partial charge in [0.1, 0.15) is 17.0 Å². The van der Waals surface area contributed by atoms with Crippen molar-refractivity contribution in [2.45, 2.75) is 26.3 Å². The van der Waals surface area contributed by atoms with Gasteiger partial charge in [0.05, 0.1) is 29.0 Å². The van der Waals surface area contributed by atoms with Crippen LogP contribution in [-0.2, 0) is 11.3 Å². The molecule has 8 heteroatoms. The van der Waals surface area contributed by atoms with E-state index in [0.29, 0.717) is 22.1 Å². The highest BCUT2D eigenvalue weighted by atomic mass is 79.9. The summed E-state index contributed by atoms with van der Waals surface area (Å²) >= 11 is 3.48. The molecule has 0 atom stereocenters. The van der Waals surface area contributed by atoms with Crippen molar-refractivity contribution in [1.82, 2.24) is 9.55 Å². The Labute approximate surface area is 152 Å². The van der Waals surface area contributed by atoms with Crippen molar-refractivity contribution in [3.8, 4) is 6.07 Å². The zero-order valence-electron chi connectivity index (χ0n) is 13.8. The topological polar surface area (TPSA) is 88.2 Å². The van der Waals surface area contributed by atoms with Crippen molar-refractivity contribution >= 4 is 38.8 Å². The van der Waals surface area contributed by atoms with Gasteiger partial charge in [-0.2, -0.15) is 5.26 Å². The standard InChI is InChI=1S/C17H17BrN4O3/c1-2-25-17(24)12-10-22(6-3-5-19)15-11(14(12)23)9-13(18)16(20-15)21-7-4-8-21/h9-10H,2-4,6-8H2,1H3. The molecule has 0 bridgehead atoms. The molecule has 25 heavy (non-hydrogen) atoms. The van der Waals surface area contributed by atoms with Crippen molar-refractivity contribution in [3.63, 3.8) is 0 Å². The van der Waals surface area contributed by atoms with Crippen LogP contribution in [0.3, 0.4) is 0 Å². The summed E-state index contributed by atoms with van der Waals surface area (Å²) in [6.07, 6.45) is 2.80. The van der Waals surface area contributed by atoms with Gasteiger partial charge in [-0.05, 0) is 35.3 Å². The minimum atomic E-state index is -0.664. The third kappa shape index (κ3) is 3.24. The molecule has 1 aliphatic rings. The molecule has 0 aliphatic carbocycles. The summed E-state index contributed by atoms with van der Waals surface area (Å²) in [6.45, 7) is 4.05. The first-order chi connectivity index (χ1) is 12.1. The van der Waals surface area contributed by atoms with Crippen LogP contribution in [0.2, 0.25) is 0 Å². The lowest BCUT2D eigenvalue weighted by Crippen LogP contribution is -2.38. The Morgan fingerprint density at radius 1 is 1.48 bits per heavy atom. The van der Waals surface area contributed by atoms with Crippen LogP contribution in [0.4, 0.5) is 5.82 Å². The monoisotopic (exact) mass is 404 g/mol. The molecule has 0 spiro atoms. The molecule has 3 rings (SSSR count). The van der Waals surface area contributed by atoms with E-state index in [4.69, 9.17) is 10.00 Å². The van der Waals surface area contributed by atoms with E-state index in [1.54, 1.807) is 17.6 Å². The van der Waals surface area contributed by atoms with E-state index >= 15 is 0 Å². The summed E-state index contributed by atoms with van der Waals surface area (Å²) in [5.41, 5.74) is 0.0149. The molecule has 3 heterocycles. The average Bonchev–Trinajstić information content (AvgIpc) is 2.54. The first kappa shape index (κ1) is 17.4. The van der Waals surface area contributed by atoms with Gasteiger partial charge < -0.3 is 14.2 Å². The van der Waals surface area contributed by atoms with E-state index in [1.807, 2.05) is 0 Å². The number of hydrogen-bond acceptors (Lipinski definition) is 6. The third-order valence-electron chi connectivity index (χ3n) is 4.10. The number of aryl methyl sites for hydroxylation is 1. The molecule has 1 saturated heterocycles. The maximum absolute atomic E-state index is 12.7. The molecule has 0 saturated carbocycles. The highest BCUT2D eigenvalue weighted by molar-refractivity contribution is 9.10. The second-order valence-corrected chi connectivity index (χ2v) is 6.55. The number of halogens is 1. The Balaban J connectivity index is 2.22. The molecule has 0 unspecified atom stereocenters. The Kier molecular flexibility index (Phi) is 5.04. The number of aromatic nitrogens is 2. The summed E-state index contributed by atoms with van der Waals surface area (Å²) < 4.78 is 7.37. The van der Waals surface area contributed by atoms with Crippen LogP contribution >= 0.6 is 15.9 Å². The van der Waals surface area contributed by atoms with Crippen molar-refractivity contribution in [1.29, 1.82) is 5.26 Å². The highest BCUT2D eigenvalue weighted by Crippen LogP contribution is 2.30. The number of anilines is 1. The number of carbonyl (C=O) groups is 1. The highest BCUT2D eigenvalue weighted by Gasteiger charge is 2.23. The van der Waals surface area contributed by atoms with Crippen LogP contribution in [0.15, 0.2) is 21.5 Å². The molecular weight excluding hydrogens is 388 g/mol. The Morgan fingerprint density at radius 3 is 2.84 bits per heavy atom. The number of ether oxygens (including phenoxy) is 1. The predicted octanol–water partition coefficient (Wildman–Crippen LogP) is 2.46. The van der Waals surface area contributed by atoms with Gasteiger partial charge in [0.15, 0.2) is 0 Å². The fourth-order valence-corrected chi connectivity index (χ4v) is 3.29. The van der Waals surface area contributed by atoms with Gasteiger partial charge in [-0.15, -0.1) is 0 Å². The van der Waals surface area contributed by atoms with Gasteiger partial charge in [0, 0.05) is 25.8 Å². The first-order valence-corrected chi connectivity index (χ1v) is 8.88. The van der Waals surface area contributed by atoms with E-state index in [-0.39, 0.29) is 18.6 Å². The molecule has 2 aromatic rings. The number of nitriles is 1. The van der Waals surface area contributed by atoms with Crippen LogP contribution in [0.1, 0.15) is 30.1 Å². The molecule has 2 aromatic heterocycles. The summed E-state index contributed by atoms with van der Waals surface area (Å²) in [6, 6.07) is 3.78. The molecule has 1 fully saturated rings. The maximum atomic E-state index is 12.7. The summed E-state index contributed by atoms with van der Waals surface area (Å²) in [7, 11) is 0. The van der Waals surface area contributed by atoms with Crippen molar-refractivity contribution in [2.24, 2.45) is 0 Å². The van der Waals surface area contributed by atoms with Gasteiger partial charge in [-0.3, -0.25) is 4.79 Å². The van der Waals surface area contributed by atoms with Crippen LogP contribution in [-0.4, -0.2) is 35.2 Å². The van der Waals surface area contributed by atoms with E-state index < -0.39 is 11.4 Å². The first-order valence-electron chi connectivity index (χ1n) is 8.09. The summed E-state index contributed by atoms with van der Waals surface area (Å²) in [5, 5.41) is 9.23. The zero-order valence-corrected chi connectivity index (χ0v) is 15.4. The van der Waals surface area contributed by atoms with Crippen LogP contribution in [0.25, 0.3) is 11.0 Å². The van der Waals surface area contributed by atoms with Crippen LogP contribution < -0.4 is 10.3 Å². The van der Waals surface area contributed by atoms with Gasteiger partial charge in [-0.25, -0.2) is 9.78 Å². The van der Waals surface area contributed by atoms with Crippen molar-refractivity contribution in [3.05, 3.63) is 32.5 Å². The van der Waals surface area contributed by atoms with Gasteiger partial charge in [0.25, 0.3) is 0 Å². The SMILES string of the molecule is CCOC(=O)c1cn(CCC#N)c2nc(N3CCC3)c(Br)cc2c1=O. The van der Waals surface area contributed by atoms with E-state index in [9.17, 15) is 9.59 Å². The number of carbonyl (C=O) groups excluding carboxylic acids is 1. The lowest BCUT2D eigenvalue weighted by Gasteiger charge is -2.33. The Bertz CT molecular complexity index is 928. The van der Waals surface area contributed by atoms with E-state index in [2.05, 4.69) is 31.9 Å². The number of esters is 1. The minimum Gasteiger partial charge on any atom is -0.462 e. The van der Waals surface area contributed by atoms with Gasteiger partial charge >= 0.3 is 5.97 Å². The number of pyridine rings is 2. The number of nitrogens with zero attached hydrogens (tertiary/aromatic N) is 4. The lowest BCUT2D eigenvalue weighted by atomic mass is 10.1. The summed E-state index contributed by atoms with van der Waals surface area (Å²) in [5.74, 6) is 0.107. The number of hydrogen-bond donors (Lipinski definition) is 0. The average molecular weight is 405 g/mol. The Morgan fingerprint density at radius 2 is 2.24 bits per heavy atom. The smallest absolute Gasteiger partial charge is 0.343 e. The fraction of sp³-hybridized carbons (Fsp3) is 0.412. The molecule has 130 valence electrons. The molecule has 0 amide bonds. The number of fused-ring (bicyclic) bond motifs is 1. The normalized spacial score (nSPS) is 13.4. The van der Waals surface area contributed by atoms with Crippen molar-refractivity contribution in [2.75, 3.05) is 24.6 Å². The third-order valence-corrected chi connectivity index (χ3v) is 4.68. The van der Waals surface area contributed by atoms with Crippen molar-refractivity contribution < 1.29 is 9.53 Å². The largest absolute Gasteiger partial charge is 0.462 e. The predicted molar refractivity (Wildman–Crippen MR) is 96.7 cm³/mol. The fourth-order valence-electron chi connectivity index (χ4n) is 2.72. The molecule has 0 N–H and O–H groups in total. The molecule has 7 nitrogen and oxygen atoms in total. The minimum absolute atomic E-state index is 0.0438. The van der Waals surface area contributed by atoms with E-state index in [1.165, 1.54) is 6.20 Å². The molecular formula is C17H17BrN4O3. The molecule has 0 radical (unpaired) electrons. The zero-order chi connectivity index (χ0) is 18.0. The Hall–Kier alpha value is -2.40. The molecule has 1 aliphatic heterocycles. The number of rotatable bonds is 5. The summed E-state index contributed by atoms with van der Waals surface area (Å²) in [4.78, 5) is 31.6. The van der Waals surface area contributed by atoms with Crippen LogP contribution in [0.5, 0.6) is 0 Å². The molecule has 0 aromatic carbocycles. The maximum Gasteiger partial charge on any atom is 0.343 e.